The molecule has 120 valence electrons. The van der Waals surface area contributed by atoms with E-state index in [0.29, 0.717) is 35.2 Å². The van der Waals surface area contributed by atoms with Crippen LogP contribution in [0, 0.1) is 0 Å². The fraction of sp³-hybridized carbons (Fsp3) is 0.312. The molecule has 23 heavy (non-hydrogen) atoms. The van der Waals surface area contributed by atoms with Gasteiger partial charge in [0.25, 0.3) is 0 Å². The van der Waals surface area contributed by atoms with E-state index in [1.54, 1.807) is 24.4 Å². The molecule has 0 aliphatic carbocycles. The Morgan fingerprint density at radius 2 is 2.22 bits per heavy atom. The van der Waals surface area contributed by atoms with E-state index in [1.165, 1.54) is 7.11 Å². The van der Waals surface area contributed by atoms with Gasteiger partial charge in [-0.05, 0) is 18.2 Å². The first-order valence-corrected chi connectivity index (χ1v) is 7.41. The summed E-state index contributed by atoms with van der Waals surface area (Å²) < 4.78 is 4.81. The summed E-state index contributed by atoms with van der Waals surface area (Å²) in [4.78, 5) is 28.3. The van der Waals surface area contributed by atoms with Crippen molar-refractivity contribution in [3.63, 3.8) is 0 Å². The molecule has 0 bridgehead atoms. The number of fused-ring (bicyclic) bond motifs is 1. The highest BCUT2D eigenvalue weighted by atomic mass is 16.5. The van der Waals surface area contributed by atoms with Crippen molar-refractivity contribution < 1.29 is 14.3 Å². The molecule has 1 amide bonds. The molecule has 7 nitrogen and oxygen atoms in total. The van der Waals surface area contributed by atoms with Crippen LogP contribution in [0.1, 0.15) is 10.4 Å². The molecule has 1 aliphatic heterocycles. The third-order valence-corrected chi connectivity index (χ3v) is 3.77. The molecule has 3 rings (SSSR count). The molecule has 1 saturated heterocycles. The zero-order valence-corrected chi connectivity index (χ0v) is 12.8. The number of esters is 1. The lowest BCUT2D eigenvalue weighted by atomic mass is 10.1. The van der Waals surface area contributed by atoms with Crippen molar-refractivity contribution >= 4 is 28.5 Å². The van der Waals surface area contributed by atoms with Crippen molar-refractivity contribution in [1.29, 1.82) is 0 Å². The lowest BCUT2D eigenvalue weighted by molar-refractivity contribution is -0.121. The minimum atomic E-state index is -0.413. The number of hydrogen-bond donors (Lipinski definition) is 3. The van der Waals surface area contributed by atoms with Crippen LogP contribution in [0.4, 0.5) is 5.69 Å². The predicted octanol–water partition coefficient (Wildman–Crippen LogP) is 0.521. The lowest BCUT2D eigenvalue weighted by Crippen LogP contribution is -2.41. The molecule has 7 heteroatoms. The third kappa shape index (κ3) is 3.09. The summed E-state index contributed by atoms with van der Waals surface area (Å²) in [6.45, 7) is 1.88. The Balaban J connectivity index is 1.98. The summed E-state index contributed by atoms with van der Waals surface area (Å²) in [6.07, 6.45) is 1.65. The summed E-state index contributed by atoms with van der Waals surface area (Å²) in [6, 6.07) is 6.61. The first kappa shape index (κ1) is 15.2. The van der Waals surface area contributed by atoms with Gasteiger partial charge in [-0.25, -0.2) is 4.79 Å². The molecule has 1 aromatic heterocycles. The number of carbonyl (C=O) groups is 2. The molecule has 0 spiro atoms. The summed E-state index contributed by atoms with van der Waals surface area (Å²) in [7, 11) is 1.35. The zero-order valence-electron chi connectivity index (χ0n) is 12.8. The fourth-order valence-electron chi connectivity index (χ4n) is 2.62. The number of hydrogen-bond acceptors (Lipinski definition) is 6. The third-order valence-electron chi connectivity index (χ3n) is 3.77. The van der Waals surface area contributed by atoms with E-state index in [2.05, 4.69) is 20.9 Å². The van der Waals surface area contributed by atoms with Gasteiger partial charge in [-0.2, -0.15) is 0 Å². The number of benzene rings is 1. The second-order valence-electron chi connectivity index (χ2n) is 5.24. The van der Waals surface area contributed by atoms with Crippen molar-refractivity contribution in [3.8, 4) is 0 Å². The van der Waals surface area contributed by atoms with Crippen LogP contribution in [0.5, 0.6) is 0 Å². The van der Waals surface area contributed by atoms with Gasteiger partial charge in [0.15, 0.2) is 0 Å². The summed E-state index contributed by atoms with van der Waals surface area (Å²) in [5, 5.41) is 9.93. The Hall–Kier alpha value is -2.67. The van der Waals surface area contributed by atoms with Crippen molar-refractivity contribution in [3.05, 3.63) is 36.0 Å². The van der Waals surface area contributed by atoms with Crippen molar-refractivity contribution in [2.24, 2.45) is 0 Å². The van der Waals surface area contributed by atoms with Gasteiger partial charge in [0.1, 0.15) is 6.04 Å². The van der Waals surface area contributed by atoms with Gasteiger partial charge in [-0.1, -0.05) is 6.07 Å². The Bertz CT molecular complexity index is 747. The average Bonchev–Trinajstić information content (AvgIpc) is 2.79. The quantitative estimate of drug-likeness (QED) is 0.716. The zero-order chi connectivity index (χ0) is 16.2. The van der Waals surface area contributed by atoms with Crippen LogP contribution in [-0.2, 0) is 9.53 Å². The first-order chi connectivity index (χ1) is 11.2. The number of nitrogens with zero attached hydrogens (tertiary/aromatic N) is 1. The number of anilines is 1. The fourth-order valence-corrected chi connectivity index (χ4v) is 2.62. The van der Waals surface area contributed by atoms with E-state index >= 15 is 0 Å². The molecule has 2 heterocycles. The summed E-state index contributed by atoms with van der Waals surface area (Å²) in [5.74, 6) is -0.473. The van der Waals surface area contributed by atoms with Gasteiger partial charge >= 0.3 is 5.97 Å². The van der Waals surface area contributed by atoms with Crippen LogP contribution in [-0.4, -0.2) is 49.6 Å². The van der Waals surface area contributed by atoms with E-state index in [9.17, 15) is 9.59 Å². The van der Waals surface area contributed by atoms with Crippen molar-refractivity contribution in [2.45, 2.75) is 6.04 Å². The highest BCUT2D eigenvalue weighted by Gasteiger charge is 2.22. The Labute approximate surface area is 133 Å². The van der Waals surface area contributed by atoms with Crippen LogP contribution in [0.15, 0.2) is 30.5 Å². The van der Waals surface area contributed by atoms with Crippen LogP contribution in [0.2, 0.25) is 0 Å². The molecule has 2 aromatic rings. The van der Waals surface area contributed by atoms with E-state index in [0.717, 1.165) is 6.54 Å². The van der Waals surface area contributed by atoms with Gasteiger partial charge < -0.3 is 20.7 Å². The Morgan fingerprint density at radius 1 is 1.35 bits per heavy atom. The molecule has 1 aromatic carbocycles. The topological polar surface area (TPSA) is 92.4 Å². The second-order valence-corrected chi connectivity index (χ2v) is 5.24. The molecule has 0 saturated carbocycles. The van der Waals surface area contributed by atoms with E-state index < -0.39 is 12.0 Å². The SMILES string of the molecule is COC(=O)c1ccc(NC2CNCCNC2=O)c2ncccc12. The number of carbonyl (C=O) groups excluding carboxylic acids is 2. The van der Waals surface area contributed by atoms with Crippen molar-refractivity contribution in [1.82, 2.24) is 15.6 Å². The summed E-state index contributed by atoms with van der Waals surface area (Å²) in [5.41, 5.74) is 1.79. The van der Waals surface area contributed by atoms with Crippen LogP contribution in [0.3, 0.4) is 0 Å². The molecule has 1 fully saturated rings. The molecular formula is C16H18N4O3. The van der Waals surface area contributed by atoms with Crippen LogP contribution in [0.25, 0.3) is 10.9 Å². The highest BCUT2D eigenvalue weighted by Crippen LogP contribution is 2.26. The number of amides is 1. The first-order valence-electron chi connectivity index (χ1n) is 7.41. The number of aromatic nitrogens is 1. The van der Waals surface area contributed by atoms with Gasteiger partial charge in [0.05, 0.1) is 23.9 Å². The molecule has 3 N–H and O–H groups in total. The minimum Gasteiger partial charge on any atom is -0.465 e. The Kier molecular flexibility index (Phi) is 4.38. The van der Waals surface area contributed by atoms with Gasteiger partial charge in [0.2, 0.25) is 5.91 Å². The molecule has 1 atom stereocenters. The smallest absolute Gasteiger partial charge is 0.338 e. The van der Waals surface area contributed by atoms with Crippen LogP contribution >= 0.6 is 0 Å². The Morgan fingerprint density at radius 3 is 3.04 bits per heavy atom. The van der Waals surface area contributed by atoms with Crippen molar-refractivity contribution in [2.75, 3.05) is 32.1 Å². The number of nitrogens with one attached hydrogen (secondary N) is 3. The highest BCUT2D eigenvalue weighted by molar-refractivity contribution is 6.07. The lowest BCUT2D eigenvalue weighted by Gasteiger charge is -2.18. The predicted molar refractivity (Wildman–Crippen MR) is 86.4 cm³/mol. The van der Waals surface area contributed by atoms with E-state index in [4.69, 9.17) is 4.74 Å². The minimum absolute atomic E-state index is 0.0591. The maximum absolute atomic E-state index is 12.1. The monoisotopic (exact) mass is 314 g/mol. The average molecular weight is 314 g/mol. The number of methoxy groups -OCH3 is 1. The molecular weight excluding hydrogens is 296 g/mol. The van der Waals surface area contributed by atoms with Gasteiger partial charge in [-0.3, -0.25) is 9.78 Å². The van der Waals surface area contributed by atoms with Gasteiger partial charge in [0, 0.05) is 31.2 Å². The van der Waals surface area contributed by atoms with Crippen LogP contribution < -0.4 is 16.0 Å². The summed E-state index contributed by atoms with van der Waals surface area (Å²) >= 11 is 0. The second kappa shape index (κ2) is 6.62. The largest absolute Gasteiger partial charge is 0.465 e. The number of rotatable bonds is 3. The molecule has 1 aliphatic rings. The molecule has 0 radical (unpaired) electrons. The molecule has 1 unspecified atom stereocenters. The standard InChI is InChI=1S/C16H18N4O3/c1-23-16(22)11-4-5-12(14-10(11)3-2-6-18-14)20-13-9-17-7-8-19-15(13)21/h2-6,13,17,20H,7-9H2,1H3,(H,19,21). The normalized spacial score (nSPS) is 18.1. The maximum atomic E-state index is 12.1. The maximum Gasteiger partial charge on any atom is 0.338 e. The number of pyridine rings is 1. The number of ether oxygens (including phenoxy) is 1. The van der Waals surface area contributed by atoms with E-state index in [1.807, 2.05) is 6.07 Å². The van der Waals surface area contributed by atoms with E-state index in [-0.39, 0.29) is 5.91 Å². The van der Waals surface area contributed by atoms with Gasteiger partial charge in [-0.15, -0.1) is 0 Å².